The highest BCUT2D eigenvalue weighted by molar-refractivity contribution is 7.15. The number of aromatic nitrogens is 2. The van der Waals surface area contributed by atoms with Crippen molar-refractivity contribution in [2.45, 2.75) is 44.9 Å². The molecule has 2 atom stereocenters. The number of likely N-dealkylation sites (N-methyl/N-ethyl adjacent to an activating group) is 1. The number of nitrogens with one attached hydrogen (secondary N) is 2. The van der Waals surface area contributed by atoms with E-state index in [0.717, 1.165) is 17.9 Å². The van der Waals surface area contributed by atoms with Crippen LogP contribution in [0, 0.1) is 5.92 Å². The number of hydrogen-bond donors (Lipinski definition) is 2. The molecule has 27 heavy (non-hydrogen) atoms. The van der Waals surface area contributed by atoms with Gasteiger partial charge >= 0.3 is 6.18 Å². The van der Waals surface area contributed by atoms with Crippen molar-refractivity contribution < 1.29 is 22.8 Å². The van der Waals surface area contributed by atoms with Gasteiger partial charge < -0.3 is 10.6 Å². The maximum atomic E-state index is 12.6. The molecule has 2 amide bonds. The third-order valence-corrected chi connectivity index (χ3v) is 4.98. The predicted molar refractivity (Wildman–Crippen MR) is 95.3 cm³/mol. The Kier molecular flexibility index (Phi) is 6.93. The van der Waals surface area contributed by atoms with E-state index in [1.165, 1.54) is 13.1 Å². The van der Waals surface area contributed by atoms with Gasteiger partial charge in [-0.25, -0.2) is 0 Å². The number of amides is 2. The number of rotatable bonds is 7. The van der Waals surface area contributed by atoms with Crippen LogP contribution in [0.1, 0.15) is 31.7 Å². The van der Waals surface area contributed by atoms with E-state index in [1.807, 2.05) is 13.8 Å². The van der Waals surface area contributed by atoms with Crippen LogP contribution < -0.4 is 15.5 Å². The first-order valence-electron chi connectivity index (χ1n) is 8.48. The molecule has 150 valence electrons. The van der Waals surface area contributed by atoms with Gasteiger partial charge in [0.05, 0.1) is 6.04 Å². The summed E-state index contributed by atoms with van der Waals surface area (Å²) in [6, 6.07) is -0.564. The molecule has 0 spiro atoms. The average molecular weight is 405 g/mol. The number of nitrogens with zero attached hydrogens (tertiary/aromatic N) is 3. The Hall–Kier alpha value is -2.01. The van der Waals surface area contributed by atoms with E-state index >= 15 is 0 Å². The predicted octanol–water partition coefficient (Wildman–Crippen LogP) is 1.97. The van der Waals surface area contributed by atoms with Crippen LogP contribution in [0.25, 0.3) is 0 Å². The summed E-state index contributed by atoms with van der Waals surface area (Å²) in [4.78, 5) is 25.3. The summed E-state index contributed by atoms with van der Waals surface area (Å²) in [5.41, 5.74) is 0. The quantitative estimate of drug-likeness (QED) is 0.678. The fraction of sp³-hybridized carbons (Fsp3) is 0.625. The van der Waals surface area contributed by atoms with E-state index in [-0.39, 0.29) is 29.0 Å². The molecule has 0 saturated carbocycles. The Morgan fingerprint density at radius 2 is 2.07 bits per heavy atom. The Morgan fingerprint density at radius 1 is 1.41 bits per heavy atom. The van der Waals surface area contributed by atoms with Gasteiger partial charge in [-0.15, -0.1) is 10.2 Å². The molecule has 0 aliphatic carbocycles. The Balaban J connectivity index is 2.01. The molecule has 2 heterocycles. The number of anilines is 1. The molecule has 7 nitrogen and oxygen atoms in total. The lowest BCUT2D eigenvalue weighted by Crippen LogP contribution is -2.55. The van der Waals surface area contributed by atoms with E-state index in [9.17, 15) is 22.8 Å². The van der Waals surface area contributed by atoms with Crippen molar-refractivity contribution in [3.05, 3.63) is 17.2 Å². The monoisotopic (exact) mass is 405 g/mol. The summed E-state index contributed by atoms with van der Waals surface area (Å²) >= 11 is 0.292. The molecule has 0 unspecified atom stereocenters. The summed E-state index contributed by atoms with van der Waals surface area (Å²) in [6.07, 6.45) is -0.414. The lowest BCUT2D eigenvalue weighted by molar-refractivity contribution is -0.138. The van der Waals surface area contributed by atoms with Crippen molar-refractivity contribution in [1.29, 1.82) is 0 Å². The van der Waals surface area contributed by atoms with Crippen LogP contribution in [0.15, 0.2) is 12.2 Å². The number of carbonyl (C=O) groups is 2. The van der Waals surface area contributed by atoms with Crippen molar-refractivity contribution in [3.63, 3.8) is 0 Å². The van der Waals surface area contributed by atoms with Crippen molar-refractivity contribution in [3.8, 4) is 0 Å². The average Bonchev–Trinajstić information content (AvgIpc) is 2.99. The van der Waals surface area contributed by atoms with Gasteiger partial charge in [0, 0.05) is 19.2 Å². The molecule has 1 aromatic rings. The molecule has 0 bridgehead atoms. The lowest BCUT2D eigenvalue weighted by atomic mass is 10.0. The fourth-order valence-electron chi connectivity index (χ4n) is 2.36. The van der Waals surface area contributed by atoms with Crippen LogP contribution in [0.4, 0.5) is 18.3 Å². The minimum absolute atomic E-state index is 0.128. The molecular weight excluding hydrogens is 383 g/mol. The summed E-state index contributed by atoms with van der Waals surface area (Å²) in [5, 5.41) is 11.1. The molecule has 11 heteroatoms. The zero-order valence-corrected chi connectivity index (χ0v) is 16.0. The van der Waals surface area contributed by atoms with Crippen LogP contribution in [0.2, 0.25) is 0 Å². The highest BCUT2D eigenvalue weighted by Gasteiger charge is 2.36. The van der Waals surface area contributed by atoms with Gasteiger partial charge in [0.15, 0.2) is 0 Å². The lowest BCUT2D eigenvalue weighted by Gasteiger charge is -2.28. The third-order valence-electron chi connectivity index (χ3n) is 3.94. The van der Waals surface area contributed by atoms with E-state index in [0.29, 0.717) is 17.8 Å². The topological polar surface area (TPSA) is 87.2 Å². The third kappa shape index (κ3) is 5.99. The van der Waals surface area contributed by atoms with E-state index in [4.69, 9.17) is 0 Å². The molecule has 1 aliphatic rings. The summed E-state index contributed by atoms with van der Waals surface area (Å²) in [5.74, 6) is -0.402. The summed E-state index contributed by atoms with van der Waals surface area (Å²) in [7, 11) is 1.32. The maximum absolute atomic E-state index is 12.6. The van der Waals surface area contributed by atoms with Gasteiger partial charge in [-0.3, -0.25) is 14.5 Å². The van der Waals surface area contributed by atoms with Gasteiger partial charge in [0.25, 0.3) is 5.91 Å². The van der Waals surface area contributed by atoms with Crippen molar-refractivity contribution in [1.82, 2.24) is 20.8 Å². The van der Waals surface area contributed by atoms with E-state index in [2.05, 4.69) is 20.8 Å². The standard InChI is InChI=1S/C16H22F3N5O2S/c1-9(2)8-10(21-13(26)11-6-7-20-11)4-5-12(25)24(3)15-23-22-14(27-15)16(17,18)19/h4-5,9-11,20H,6-8H2,1-3H3,(H,21,26)/t10-,11+/m1/s1. The Labute approximate surface area is 159 Å². The second kappa shape index (κ2) is 8.79. The largest absolute Gasteiger partial charge is 0.445 e. The van der Waals surface area contributed by atoms with Gasteiger partial charge in [0.1, 0.15) is 0 Å². The minimum Gasteiger partial charge on any atom is -0.349 e. The first-order valence-corrected chi connectivity index (χ1v) is 9.30. The van der Waals surface area contributed by atoms with Crippen molar-refractivity contribution in [2.24, 2.45) is 5.92 Å². The fourth-order valence-corrected chi connectivity index (χ4v) is 3.04. The second-order valence-corrected chi connectivity index (χ2v) is 7.64. The maximum Gasteiger partial charge on any atom is 0.445 e. The first-order chi connectivity index (χ1) is 12.6. The van der Waals surface area contributed by atoms with Crippen LogP contribution in [0.5, 0.6) is 0 Å². The van der Waals surface area contributed by atoms with Gasteiger partial charge in [-0.2, -0.15) is 13.2 Å². The molecule has 1 aliphatic heterocycles. The molecular formula is C16H22F3N5O2S. The Bertz CT molecular complexity index is 700. The molecule has 1 aromatic heterocycles. The first kappa shape index (κ1) is 21.3. The zero-order chi connectivity index (χ0) is 20.2. The molecule has 2 N–H and O–H groups in total. The SMILES string of the molecule is CC(C)C[C@@H](C=CC(=O)N(C)c1nnc(C(F)(F)F)s1)NC(=O)[C@@H]1CCN1. The van der Waals surface area contributed by atoms with E-state index < -0.39 is 17.1 Å². The van der Waals surface area contributed by atoms with Crippen molar-refractivity contribution in [2.75, 3.05) is 18.5 Å². The van der Waals surface area contributed by atoms with Crippen LogP contribution in [-0.2, 0) is 15.8 Å². The summed E-state index contributed by atoms with van der Waals surface area (Å²) in [6.45, 7) is 4.78. The molecule has 2 rings (SSSR count). The molecule has 0 radical (unpaired) electrons. The molecule has 0 aromatic carbocycles. The Morgan fingerprint density at radius 3 is 2.56 bits per heavy atom. The molecule has 1 fully saturated rings. The highest BCUT2D eigenvalue weighted by Crippen LogP contribution is 2.34. The number of alkyl halides is 3. The van der Waals surface area contributed by atoms with Crippen molar-refractivity contribution >= 4 is 28.3 Å². The highest BCUT2D eigenvalue weighted by atomic mass is 32.1. The zero-order valence-electron chi connectivity index (χ0n) is 15.2. The second-order valence-electron chi connectivity index (χ2n) is 6.68. The number of halogens is 3. The van der Waals surface area contributed by atoms with Crippen LogP contribution >= 0.6 is 11.3 Å². The normalized spacial score (nSPS) is 18.4. The van der Waals surface area contributed by atoms with Crippen LogP contribution in [-0.4, -0.2) is 47.7 Å². The summed E-state index contributed by atoms with van der Waals surface area (Å²) < 4.78 is 37.8. The van der Waals surface area contributed by atoms with Gasteiger partial charge in [-0.1, -0.05) is 31.3 Å². The number of hydrogen-bond acceptors (Lipinski definition) is 6. The molecule has 1 saturated heterocycles. The van der Waals surface area contributed by atoms with Gasteiger partial charge in [0.2, 0.25) is 16.0 Å². The van der Waals surface area contributed by atoms with Gasteiger partial charge in [-0.05, 0) is 25.3 Å². The minimum atomic E-state index is -4.60. The smallest absolute Gasteiger partial charge is 0.349 e. The van der Waals surface area contributed by atoms with E-state index in [1.54, 1.807) is 6.08 Å². The number of carbonyl (C=O) groups excluding carboxylic acids is 2. The van der Waals surface area contributed by atoms with Crippen LogP contribution in [0.3, 0.4) is 0 Å².